The van der Waals surface area contributed by atoms with E-state index in [0.717, 1.165) is 22.2 Å². The normalized spacial score (nSPS) is 11.1. The summed E-state index contributed by atoms with van der Waals surface area (Å²) in [4.78, 5) is 7.03. The van der Waals surface area contributed by atoms with Crippen LogP contribution in [-0.2, 0) is 0 Å². The van der Waals surface area contributed by atoms with Crippen LogP contribution in [0.1, 0.15) is 11.1 Å². The monoisotopic (exact) mass is 214 g/mol. The molecule has 0 aliphatic rings. The highest BCUT2D eigenvalue weighted by atomic mass is 35.5. The van der Waals surface area contributed by atoms with Gasteiger partial charge in [-0.05, 0) is 42.6 Å². The minimum Gasteiger partial charge on any atom is -0.329 e. The molecule has 0 unspecified atom stereocenters. The lowest BCUT2D eigenvalue weighted by Crippen LogP contribution is -1.83. The van der Waals surface area contributed by atoms with Gasteiger partial charge in [0.05, 0.1) is 10.5 Å². The minimum atomic E-state index is 0.377. The van der Waals surface area contributed by atoms with Crippen LogP contribution in [0.4, 0.5) is 0 Å². The molecule has 0 saturated heterocycles. The van der Waals surface area contributed by atoms with E-state index < -0.39 is 0 Å². The molecule has 1 aromatic carbocycles. The number of hydrogen-bond acceptors (Lipinski definition) is 1. The fraction of sp³-hybridized carbons (Fsp3) is 0.222. The summed E-state index contributed by atoms with van der Waals surface area (Å²) >= 11 is 11.8. The maximum atomic E-state index is 6.10. The van der Waals surface area contributed by atoms with Gasteiger partial charge in [-0.3, -0.25) is 0 Å². The van der Waals surface area contributed by atoms with Crippen molar-refractivity contribution in [3.05, 3.63) is 27.5 Å². The maximum Gasteiger partial charge on any atom is 0.201 e. The quantitative estimate of drug-likeness (QED) is 0.715. The molecule has 1 heterocycles. The molecule has 2 aromatic rings. The van der Waals surface area contributed by atoms with Gasteiger partial charge < -0.3 is 4.98 Å². The van der Waals surface area contributed by atoms with Gasteiger partial charge in [0.1, 0.15) is 5.52 Å². The van der Waals surface area contributed by atoms with E-state index in [2.05, 4.69) is 9.97 Å². The highest BCUT2D eigenvalue weighted by molar-refractivity contribution is 6.36. The first-order valence-electron chi connectivity index (χ1n) is 3.90. The number of aryl methyl sites for hydroxylation is 1. The van der Waals surface area contributed by atoms with Crippen LogP contribution in [0.3, 0.4) is 0 Å². The molecule has 1 aromatic heterocycles. The first-order chi connectivity index (χ1) is 6.09. The molecule has 0 aliphatic carbocycles. The summed E-state index contributed by atoms with van der Waals surface area (Å²) in [6.07, 6.45) is 0. The molecule has 0 fully saturated rings. The fourth-order valence-electron chi connectivity index (χ4n) is 1.30. The van der Waals surface area contributed by atoms with Gasteiger partial charge in [-0.25, -0.2) is 4.98 Å². The number of imidazole rings is 1. The molecule has 1 N–H and O–H groups in total. The fourth-order valence-corrected chi connectivity index (χ4v) is 1.78. The molecule has 0 spiro atoms. The number of aromatic amines is 1. The van der Waals surface area contributed by atoms with Gasteiger partial charge in [-0.1, -0.05) is 11.6 Å². The topological polar surface area (TPSA) is 28.7 Å². The predicted molar refractivity (Wildman–Crippen MR) is 55.6 cm³/mol. The smallest absolute Gasteiger partial charge is 0.201 e. The Kier molecular flexibility index (Phi) is 1.97. The van der Waals surface area contributed by atoms with E-state index in [1.165, 1.54) is 0 Å². The van der Waals surface area contributed by atoms with Crippen LogP contribution in [0.5, 0.6) is 0 Å². The van der Waals surface area contributed by atoms with Crippen molar-refractivity contribution in [3.63, 3.8) is 0 Å². The molecular formula is C9H8Cl2N2. The lowest BCUT2D eigenvalue weighted by atomic mass is 10.1. The molecule has 2 nitrogen and oxygen atoms in total. The molecule has 0 aliphatic heterocycles. The number of aromatic nitrogens is 2. The number of benzene rings is 1. The Labute approximate surface area is 85.9 Å². The molecule has 2 rings (SSSR count). The van der Waals surface area contributed by atoms with E-state index in [1.54, 1.807) is 0 Å². The third-order valence-corrected chi connectivity index (χ3v) is 2.83. The predicted octanol–water partition coefficient (Wildman–Crippen LogP) is 3.49. The van der Waals surface area contributed by atoms with Gasteiger partial charge in [0.25, 0.3) is 0 Å². The molecule has 13 heavy (non-hydrogen) atoms. The van der Waals surface area contributed by atoms with Crippen molar-refractivity contribution < 1.29 is 0 Å². The van der Waals surface area contributed by atoms with Crippen LogP contribution >= 0.6 is 23.2 Å². The van der Waals surface area contributed by atoms with Crippen LogP contribution in [0.2, 0.25) is 10.3 Å². The first kappa shape index (κ1) is 8.85. The van der Waals surface area contributed by atoms with Crippen molar-refractivity contribution >= 4 is 34.2 Å². The average Bonchev–Trinajstić information content (AvgIpc) is 2.42. The van der Waals surface area contributed by atoms with Crippen molar-refractivity contribution in [3.8, 4) is 0 Å². The molecule has 0 atom stereocenters. The van der Waals surface area contributed by atoms with Gasteiger partial charge in [0.15, 0.2) is 0 Å². The van der Waals surface area contributed by atoms with E-state index in [4.69, 9.17) is 23.2 Å². The summed E-state index contributed by atoms with van der Waals surface area (Å²) in [5.41, 5.74) is 3.82. The maximum absolute atomic E-state index is 6.10. The van der Waals surface area contributed by atoms with Crippen LogP contribution < -0.4 is 0 Å². The standard InChI is InChI=1S/C9H8Cl2N2/c1-4-3-6-8(7(10)5(4)2)13-9(11)12-6/h3H,1-2H3,(H,12,13). The minimum absolute atomic E-state index is 0.377. The number of fused-ring (bicyclic) bond motifs is 1. The van der Waals surface area contributed by atoms with Crippen LogP contribution in [0.25, 0.3) is 11.0 Å². The molecule has 0 radical (unpaired) electrons. The summed E-state index contributed by atoms with van der Waals surface area (Å²) in [6.45, 7) is 3.98. The largest absolute Gasteiger partial charge is 0.329 e. The van der Waals surface area contributed by atoms with Gasteiger partial charge in [0, 0.05) is 0 Å². The molecular weight excluding hydrogens is 207 g/mol. The Morgan fingerprint density at radius 2 is 2.00 bits per heavy atom. The zero-order valence-corrected chi connectivity index (χ0v) is 8.79. The lowest BCUT2D eigenvalue weighted by Gasteiger charge is -2.02. The Balaban J connectivity index is 2.92. The van der Waals surface area contributed by atoms with Gasteiger partial charge in [0.2, 0.25) is 5.28 Å². The van der Waals surface area contributed by atoms with E-state index in [1.807, 2.05) is 19.9 Å². The summed E-state index contributed by atoms with van der Waals surface area (Å²) < 4.78 is 0. The summed E-state index contributed by atoms with van der Waals surface area (Å²) in [5, 5.41) is 1.06. The van der Waals surface area contributed by atoms with Crippen LogP contribution in [0.15, 0.2) is 6.07 Å². The first-order valence-corrected chi connectivity index (χ1v) is 4.66. The van der Waals surface area contributed by atoms with Crippen molar-refractivity contribution in [2.24, 2.45) is 0 Å². The zero-order valence-electron chi connectivity index (χ0n) is 7.28. The van der Waals surface area contributed by atoms with Gasteiger partial charge in [-0.2, -0.15) is 0 Å². The molecule has 0 bridgehead atoms. The second-order valence-electron chi connectivity index (χ2n) is 3.06. The number of nitrogens with one attached hydrogen (secondary N) is 1. The van der Waals surface area contributed by atoms with Crippen molar-refractivity contribution in [1.29, 1.82) is 0 Å². The second-order valence-corrected chi connectivity index (χ2v) is 3.79. The summed E-state index contributed by atoms with van der Waals surface area (Å²) in [5.74, 6) is 0. The summed E-state index contributed by atoms with van der Waals surface area (Å²) in [6, 6.07) is 2.00. The van der Waals surface area contributed by atoms with E-state index >= 15 is 0 Å². The van der Waals surface area contributed by atoms with E-state index in [9.17, 15) is 0 Å². The number of rotatable bonds is 0. The van der Waals surface area contributed by atoms with Crippen molar-refractivity contribution in [2.75, 3.05) is 0 Å². The van der Waals surface area contributed by atoms with Crippen molar-refractivity contribution in [1.82, 2.24) is 9.97 Å². The molecule has 4 heteroatoms. The number of halogens is 2. The van der Waals surface area contributed by atoms with Crippen molar-refractivity contribution in [2.45, 2.75) is 13.8 Å². The number of H-pyrrole nitrogens is 1. The van der Waals surface area contributed by atoms with Crippen LogP contribution in [0, 0.1) is 13.8 Å². The van der Waals surface area contributed by atoms with Gasteiger partial charge in [-0.15, -0.1) is 0 Å². The summed E-state index contributed by atoms with van der Waals surface area (Å²) in [7, 11) is 0. The lowest BCUT2D eigenvalue weighted by molar-refractivity contribution is 1.34. The zero-order chi connectivity index (χ0) is 9.59. The SMILES string of the molecule is Cc1cc2[nH]c(Cl)nc2c(Cl)c1C. The van der Waals surface area contributed by atoms with E-state index in [-0.39, 0.29) is 0 Å². The van der Waals surface area contributed by atoms with Gasteiger partial charge >= 0.3 is 0 Å². The molecule has 68 valence electrons. The highest BCUT2D eigenvalue weighted by Crippen LogP contribution is 2.28. The molecule has 0 amide bonds. The molecule has 0 saturated carbocycles. The Morgan fingerprint density at radius 3 is 2.69 bits per heavy atom. The number of nitrogens with zero attached hydrogens (tertiary/aromatic N) is 1. The highest BCUT2D eigenvalue weighted by Gasteiger charge is 2.09. The Bertz CT molecular complexity index is 474. The average molecular weight is 215 g/mol. The Morgan fingerprint density at radius 1 is 1.31 bits per heavy atom. The van der Waals surface area contributed by atoms with Crippen LogP contribution in [-0.4, -0.2) is 9.97 Å². The Hall–Kier alpha value is -0.730. The third kappa shape index (κ3) is 1.30. The third-order valence-electron chi connectivity index (χ3n) is 2.19. The number of hydrogen-bond donors (Lipinski definition) is 1. The van der Waals surface area contributed by atoms with E-state index in [0.29, 0.717) is 10.3 Å². The second kappa shape index (κ2) is 2.89.